The number of ether oxygens (including phenoxy) is 2. The van der Waals surface area contributed by atoms with Crippen molar-refractivity contribution in [3.63, 3.8) is 0 Å². The molecule has 3 rings (SSSR count). The summed E-state index contributed by atoms with van der Waals surface area (Å²) >= 11 is 2.66. The van der Waals surface area contributed by atoms with Gasteiger partial charge in [-0.2, -0.15) is 0 Å². The lowest BCUT2D eigenvalue weighted by atomic mass is 10.2. The Balaban J connectivity index is 0.00000261. The van der Waals surface area contributed by atoms with Crippen LogP contribution in [0.1, 0.15) is 7.43 Å². The van der Waals surface area contributed by atoms with E-state index < -0.39 is 4.92 Å². The van der Waals surface area contributed by atoms with Gasteiger partial charge in [0.1, 0.15) is 5.01 Å². The molecule has 158 valence electrons. The van der Waals surface area contributed by atoms with Crippen molar-refractivity contribution in [2.24, 2.45) is 0 Å². The predicted octanol–water partition coefficient (Wildman–Crippen LogP) is 3.24. The highest BCUT2D eigenvalue weighted by Gasteiger charge is 2.12. The molecular formula is C17H22N4O6S2. The quantitative estimate of drug-likeness (QED) is 0.331. The second-order valence-corrected chi connectivity index (χ2v) is 6.80. The first-order valence-electron chi connectivity index (χ1n) is 7.34. The molecule has 0 unspecified atom stereocenters. The maximum absolute atomic E-state index is 10.9. The molecule has 0 atom stereocenters. The van der Waals surface area contributed by atoms with Gasteiger partial charge in [0.15, 0.2) is 11.5 Å². The van der Waals surface area contributed by atoms with Crippen LogP contribution >= 0.6 is 23.3 Å². The van der Waals surface area contributed by atoms with Gasteiger partial charge >= 0.3 is 0 Å². The van der Waals surface area contributed by atoms with E-state index in [1.807, 2.05) is 18.2 Å². The minimum atomic E-state index is -0.434. The third kappa shape index (κ3) is 6.29. The van der Waals surface area contributed by atoms with Gasteiger partial charge in [0.2, 0.25) is 5.13 Å². The van der Waals surface area contributed by atoms with E-state index in [1.165, 1.54) is 35.4 Å². The summed E-state index contributed by atoms with van der Waals surface area (Å²) in [7, 11) is 3.16. The zero-order chi connectivity index (χ0) is 18.5. The highest BCUT2D eigenvalue weighted by Crippen LogP contribution is 2.34. The Morgan fingerprint density at radius 2 is 1.79 bits per heavy atom. The van der Waals surface area contributed by atoms with E-state index in [9.17, 15) is 10.1 Å². The van der Waals surface area contributed by atoms with Gasteiger partial charge in [0.05, 0.1) is 19.1 Å². The molecule has 0 saturated carbocycles. The average Bonchev–Trinajstić information content (AvgIpc) is 3.15. The third-order valence-corrected chi connectivity index (χ3v) is 5.14. The van der Waals surface area contributed by atoms with Crippen molar-refractivity contribution in [1.82, 2.24) is 10.2 Å². The van der Waals surface area contributed by atoms with Crippen molar-refractivity contribution in [2.75, 3.05) is 18.9 Å². The van der Waals surface area contributed by atoms with Crippen LogP contribution in [-0.2, 0) is 0 Å². The fraction of sp³-hybridized carbons (Fsp3) is 0.176. The van der Waals surface area contributed by atoms with Crippen LogP contribution in [0.4, 0.5) is 10.8 Å². The van der Waals surface area contributed by atoms with Crippen LogP contribution in [0.2, 0.25) is 0 Å². The van der Waals surface area contributed by atoms with E-state index in [-0.39, 0.29) is 24.1 Å². The standard InChI is InChI=1S/C16H14N4O4S2.CH4.2H2O/c1-23-13-7-6-12(9-14(13)24-2)26-19-16-18-17-15(25-16)10-4-3-5-11(8-10)20(21)22;;;/h3-9H,1-2H3,(H,18,19);1H4;2*1H2. The normalized spacial score (nSPS) is 9.31. The van der Waals surface area contributed by atoms with Crippen molar-refractivity contribution in [2.45, 2.75) is 12.3 Å². The first-order chi connectivity index (χ1) is 12.6. The van der Waals surface area contributed by atoms with Gasteiger partial charge in [-0.3, -0.25) is 10.1 Å². The number of nitrogens with one attached hydrogen (secondary N) is 1. The minimum absolute atomic E-state index is 0. The summed E-state index contributed by atoms with van der Waals surface area (Å²) in [6, 6.07) is 11.9. The molecule has 3 aromatic rings. The minimum Gasteiger partial charge on any atom is -0.493 e. The zero-order valence-electron chi connectivity index (χ0n) is 14.8. The number of nitro groups is 1. The highest BCUT2D eigenvalue weighted by atomic mass is 32.2. The fourth-order valence-corrected chi connectivity index (χ4v) is 3.55. The van der Waals surface area contributed by atoms with E-state index >= 15 is 0 Å². The summed E-state index contributed by atoms with van der Waals surface area (Å²) in [6.07, 6.45) is 0. The van der Waals surface area contributed by atoms with E-state index in [1.54, 1.807) is 26.4 Å². The van der Waals surface area contributed by atoms with Crippen molar-refractivity contribution in [3.05, 3.63) is 52.6 Å². The van der Waals surface area contributed by atoms with Crippen LogP contribution in [0, 0.1) is 10.1 Å². The molecule has 29 heavy (non-hydrogen) atoms. The summed E-state index contributed by atoms with van der Waals surface area (Å²) in [6.45, 7) is 0. The largest absolute Gasteiger partial charge is 0.493 e. The monoisotopic (exact) mass is 442 g/mol. The molecule has 12 heteroatoms. The number of hydrogen-bond acceptors (Lipinski definition) is 9. The van der Waals surface area contributed by atoms with Crippen molar-refractivity contribution in [3.8, 4) is 22.1 Å². The van der Waals surface area contributed by atoms with Crippen LogP contribution in [0.5, 0.6) is 11.5 Å². The SMILES string of the molecule is C.COc1ccc(SNc2nnc(-c3cccc([N+](=O)[O-])c3)s2)cc1OC.O.O. The summed E-state index contributed by atoms with van der Waals surface area (Å²) < 4.78 is 13.6. The van der Waals surface area contributed by atoms with Crippen LogP contribution < -0.4 is 14.2 Å². The molecule has 0 aliphatic rings. The zero-order valence-corrected chi connectivity index (χ0v) is 16.5. The molecule has 0 radical (unpaired) electrons. The number of aromatic nitrogens is 2. The topological polar surface area (TPSA) is 162 Å². The molecule has 2 aromatic carbocycles. The van der Waals surface area contributed by atoms with Crippen LogP contribution in [0.25, 0.3) is 10.6 Å². The molecule has 5 N–H and O–H groups in total. The van der Waals surface area contributed by atoms with E-state index in [0.29, 0.717) is 27.2 Å². The predicted molar refractivity (Wildman–Crippen MR) is 115 cm³/mol. The third-order valence-electron chi connectivity index (χ3n) is 3.34. The number of hydrogen-bond donors (Lipinski definition) is 1. The second-order valence-electron chi connectivity index (χ2n) is 4.94. The van der Waals surface area contributed by atoms with Gasteiger partial charge < -0.3 is 25.1 Å². The lowest BCUT2D eigenvalue weighted by Crippen LogP contribution is -1.91. The first kappa shape index (κ1) is 26.1. The number of anilines is 1. The summed E-state index contributed by atoms with van der Waals surface area (Å²) in [5.74, 6) is 1.29. The first-order valence-corrected chi connectivity index (χ1v) is 8.97. The smallest absolute Gasteiger partial charge is 0.270 e. The van der Waals surface area contributed by atoms with Gasteiger partial charge in [0.25, 0.3) is 5.69 Å². The molecule has 0 fully saturated rings. The molecule has 0 amide bonds. The van der Waals surface area contributed by atoms with Gasteiger partial charge in [-0.25, -0.2) is 0 Å². The number of methoxy groups -OCH3 is 2. The fourth-order valence-electron chi connectivity index (χ4n) is 2.12. The Kier molecular flexibility index (Phi) is 10.6. The number of nitro benzene ring substituents is 1. The summed E-state index contributed by atoms with van der Waals surface area (Å²) in [5, 5.41) is 20.2. The van der Waals surface area contributed by atoms with Crippen molar-refractivity contribution < 1.29 is 25.3 Å². The van der Waals surface area contributed by atoms with Crippen LogP contribution in [0.15, 0.2) is 47.4 Å². The number of non-ortho nitro benzene ring substituents is 1. The Morgan fingerprint density at radius 1 is 1.07 bits per heavy atom. The maximum atomic E-state index is 10.9. The van der Waals surface area contributed by atoms with Gasteiger partial charge in [-0.1, -0.05) is 30.9 Å². The number of nitrogens with zero attached hydrogens (tertiary/aromatic N) is 3. The Bertz CT molecular complexity index is 938. The van der Waals surface area contributed by atoms with Crippen LogP contribution in [-0.4, -0.2) is 40.3 Å². The molecule has 0 spiro atoms. The number of rotatable bonds is 7. The molecule has 0 bridgehead atoms. The molecule has 0 aliphatic heterocycles. The molecule has 10 nitrogen and oxygen atoms in total. The lowest BCUT2D eigenvalue weighted by Gasteiger charge is -2.09. The summed E-state index contributed by atoms with van der Waals surface area (Å²) in [4.78, 5) is 11.4. The molecule has 1 heterocycles. The average molecular weight is 443 g/mol. The van der Waals surface area contributed by atoms with Gasteiger partial charge in [-0.05, 0) is 30.1 Å². The summed E-state index contributed by atoms with van der Waals surface area (Å²) in [5.41, 5.74) is 0.674. The molecule has 0 aliphatic carbocycles. The molecular weight excluding hydrogens is 420 g/mol. The van der Waals surface area contributed by atoms with Crippen molar-refractivity contribution >= 4 is 34.1 Å². The molecule has 1 aromatic heterocycles. The maximum Gasteiger partial charge on any atom is 0.270 e. The van der Waals surface area contributed by atoms with E-state index in [2.05, 4.69) is 14.9 Å². The van der Waals surface area contributed by atoms with Crippen LogP contribution in [0.3, 0.4) is 0 Å². The number of benzene rings is 2. The van der Waals surface area contributed by atoms with Gasteiger partial charge in [0, 0.05) is 22.6 Å². The van der Waals surface area contributed by atoms with E-state index in [0.717, 1.165) is 4.90 Å². The highest BCUT2D eigenvalue weighted by molar-refractivity contribution is 8.00. The Morgan fingerprint density at radius 3 is 2.45 bits per heavy atom. The van der Waals surface area contributed by atoms with E-state index in [4.69, 9.17) is 9.47 Å². The Hall–Kier alpha value is -2.93. The molecule has 0 saturated heterocycles. The lowest BCUT2D eigenvalue weighted by molar-refractivity contribution is -0.384. The second kappa shape index (κ2) is 11.8. The van der Waals surface area contributed by atoms with Crippen molar-refractivity contribution in [1.29, 1.82) is 0 Å². The van der Waals surface area contributed by atoms with Gasteiger partial charge in [-0.15, -0.1) is 10.2 Å². The Labute approximate surface area is 175 Å².